The highest BCUT2D eigenvalue weighted by Crippen LogP contribution is 2.16. The van der Waals surface area contributed by atoms with E-state index in [0.717, 1.165) is 135 Å². The molecule has 6 heteroatoms. The number of hydrogen-bond donors (Lipinski definition) is 0. The molecule has 434 valence electrons. The number of ether oxygens (including phenoxy) is 3. The van der Waals surface area contributed by atoms with Gasteiger partial charge in [0.05, 0.1) is 0 Å². The van der Waals surface area contributed by atoms with Crippen molar-refractivity contribution in [2.75, 3.05) is 13.2 Å². The van der Waals surface area contributed by atoms with E-state index >= 15 is 0 Å². The molecule has 0 heterocycles. The Bertz CT molecular complexity index is 1540. The van der Waals surface area contributed by atoms with Crippen LogP contribution in [0.2, 0.25) is 0 Å². The van der Waals surface area contributed by atoms with Gasteiger partial charge in [0, 0.05) is 19.3 Å². The minimum absolute atomic E-state index is 0.0854. The van der Waals surface area contributed by atoms with Gasteiger partial charge in [0.1, 0.15) is 13.2 Å². The summed E-state index contributed by atoms with van der Waals surface area (Å²) >= 11 is 0. The summed E-state index contributed by atoms with van der Waals surface area (Å²) in [5.74, 6) is -0.903. The predicted molar refractivity (Wildman–Crippen MR) is 330 cm³/mol. The molecular weight excluding hydrogens is 937 g/mol. The summed E-state index contributed by atoms with van der Waals surface area (Å²) in [7, 11) is 0. The molecule has 0 fully saturated rings. The van der Waals surface area contributed by atoms with Crippen molar-refractivity contribution in [2.24, 2.45) is 0 Å². The number of allylic oxidation sites excluding steroid dienone is 18. The number of esters is 3. The zero-order valence-corrected chi connectivity index (χ0v) is 49.7. The quantitative estimate of drug-likeness (QED) is 0.0261. The van der Waals surface area contributed by atoms with E-state index in [4.69, 9.17) is 14.2 Å². The molecule has 1 atom stereocenters. The monoisotopic (exact) mass is 1050 g/mol. The van der Waals surface area contributed by atoms with E-state index < -0.39 is 6.10 Å². The first-order valence-electron chi connectivity index (χ1n) is 31.9. The van der Waals surface area contributed by atoms with Crippen LogP contribution < -0.4 is 0 Å². The number of rotatable bonds is 57. The molecule has 1 unspecified atom stereocenters. The molecule has 0 aliphatic rings. The zero-order valence-electron chi connectivity index (χ0n) is 49.7. The first-order valence-corrected chi connectivity index (χ1v) is 31.9. The smallest absolute Gasteiger partial charge is 0.306 e. The van der Waals surface area contributed by atoms with E-state index in [1.807, 2.05) is 0 Å². The van der Waals surface area contributed by atoms with Crippen LogP contribution in [0.25, 0.3) is 0 Å². The normalized spacial score (nSPS) is 12.8. The van der Waals surface area contributed by atoms with Crippen LogP contribution in [0.1, 0.15) is 297 Å². The zero-order chi connectivity index (χ0) is 55.0. The van der Waals surface area contributed by atoms with Crippen LogP contribution in [0.4, 0.5) is 0 Å². The summed E-state index contributed by atoms with van der Waals surface area (Å²) in [6.45, 7) is 6.50. The Labute approximate surface area is 470 Å². The number of unbranched alkanes of at least 4 members (excludes halogenated alkanes) is 28. The van der Waals surface area contributed by atoms with E-state index in [2.05, 4.69) is 130 Å². The third kappa shape index (κ3) is 60.9. The summed E-state index contributed by atoms with van der Waals surface area (Å²) < 4.78 is 16.9. The molecule has 0 rings (SSSR count). The van der Waals surface area contributed by atoms with Crippen molar-refractivity contribution in [1.29, 1.82) is 0 Å². The van der Waals surface area contributed by atoms with E-state index in [-0.39, 0.29) is 31.1 Å². The molecule has 0 aromatic carbocycles. The van der Waals surface area contributed by atoms with E-state index in [1.165, 1.54) is 122 Å². The van der Waals surface area contributed by atoms with Crippen molar-refractivity contribution in [3.8, 4) is 0 Å². The first-order chi connectivity index (χ1) is 37.5. The van der Waals surface area contributed by atoms with Crippen molar-refractivity contribution in [3.05, 3.63) is 109 Å². The lowest BCUT2D eigenvalue weighted by molar-refractivity contribution is -0.167. The van der Waals surface area contributed by atoms with Gasteiger partial charge in [-0.15, -0.1) is 0 Å². The van der Waals surface area contributed by atoms with Gasteiger partial charge >= 0.3 is 17.9 Å². The van der Waals surface area contributed by atoms with E-state index in [0.29, 0.717) is 19.3 Å². The molecular formula is C70H118O6. The topological polar surface area (TPSA) is 78.9 Å². The van der Waals surface area contributed by atoms with E-state index in [1.54, 1.807) is 0 Å². The average molecular weight is 1060 g/mol. The average Bonchev–Trinajstić information content (AvgIpc) is 3.42. The van der Waals surface area contributed by atoms with Crippen LogP contribution in [0.5, 0.6) is 0 Å². The van der Waals surface area contributed by atoms with Crippen LogP contribution >= 0.6 is 0 Å². The molecule has 0 bridgehead atoms. The largest absolute Gasteiger partial charge is 0.462 e. The number of carbonyl (C=O) groups is 3. The Morgan fingerprint density at radius 1 is 0.276 bits per heavy atom. The molecule has 6 nitrogen and oxygen atoms in total. The van der Waals surface area contributed by atoms with Gasteiger partial charge in [0.2, 0.25) is 0 Å². The molecule has 0 aliphatic carbocycles. The molecule has 0 aromatic heterocycles. The van der Waals surface area contributed by atoms with Gasteiger partial charge in [0.25, 0.3) is 0 Å². The van der Waals surface area contributed by atoms with Gasteiger partial charge in [-0.05, 0) is 109 Å². The summed E-state index contributed by atoms with van der Waals surface area (Å²) in [5.41, 5.74) is 0. The Hall–Kier alpha value is -3.93. The fourth-order valence-corrected chi connectivity index (χ4v) is 8.75. The van der Waals surface area contributed by atoms with Crippen LogP contribution in [-0.2, 0) is 28.6 Å². The Kier molecular flexibility index (Phi) is 60.3. The second-order valence-corrected chi connectivity index (χ2v) is 20.9. The van der Waals surface area contributed by atoms with Crippen molar-refractivity contribution in [1.82, 2.24) is 0 Å². The van der Waals surface area contributed by atoms with Gasteiger partial charge in [-0.1, -0.05) is 278 Å². The second kappa shape index (κ2) is 63.6. The Morgan fingerprint density at radius 3 is 0.829 bits per heavy atom. The molecule has 0 amide bonds. The number of hydrogen-bond acceptors (Lipinski definition) is 6. The molecule has 0 aliphatic heterocycles. The summed E-state index contributed by atoms with van der Waals surface area (Å²) in [5, 5.41) is 0. The SMILES string of the molecule is CC/C=C\C/C=C\C/C=C\C/C=C\C/C=C\C/C=C\C/C=C\CCCCCCCCCC(=O)OCC(COC(=O)CCCCCCCCCCCCCCCC)OC(=O)CCCCCCC/C=C\C/C=C\CCCCC. The van der Waals surface area contributed by atoms with Gasteiger partial charge in [-0.25, -0.2) is 0 Å². The molecule has 0 N–H and O–H groups in total. The summed E-state index contributed by atoms with van der Waals surface area (Å²) in [6, 6.07) is 0. The van der Waals surface area contributed by atoms with Gasteiger partial charge < -0.3 is 14.2 Å². The van der Waals surface area contributed by atoms with Crippen molar-refractivity contribution in [3.63, 3.8) is 0 Å². The molecule has 0 radical (unpaired) electrons. The lowest BCUT2D eigenvalue weighted by Gasteiger charge is -2.18. The maximum absolute atomic E-state index is 12.9. The first kappa shape index (κ1) is 72.1. The third-order valence-corrected chi connectivity index (χ3v) is 13.5. The van der Waals surface area contributed by atoms with Crippen LogP contribution in [0.15, 0.2) is 109 Å². The van der Waals surface area contributed by atoms with E-state index in [9.17, 15) is 14.4 Å². The Morgan fingerprint density at radius 2 is 0.513 bits per heavy atom. The fraction of sp³-hybridized carbons (Fsp3) is 0.700. The van der Waals surface area contributed by atoms with Gasteiger partial charge in [-0.3, -0.25) is 14.4 Å². The highest BCUT2D eigenvalue weighted by Gasteiger charge is 2.19. The standard InChI is InChI=1S/C70H118O6/c1-4-7-10-13-16-19-22-25-28-29-30-31-32-33-34-35-36-37-38-39-40-41-43-45-48-51-54-57-60-63-69(72)75-66-67(65-74-68(71)62-59-56-53-50-47-44-27-24-21-18-15-12-9-6-3)76-70(73)64-61-58-55-52-49-46-42-26-23-20-17-14-11-8-5-2/h7,10,16-17,19-20,25-26,28,30-31,33-34,36-37,39-40,42,67H,4-6,8-9,11-15,18,21-24,27,29,32,35,38,41,43-66H2,1-3H3/b10-7-,19-16-,20-17-,28-25-,31-30-,34-33-,37-36-,40-39-,42-26-. The molecule has 76 heavy (non-hydrogen) atoms. The van der Waals surface area contributed by atoms with Gasteiger partial charge in [0.15, 0.2) is 6.10 Å². The second-order valence-electron chi connectivity index (χ2n) is 20.9. The van der Waals surface area contributed by atoms with Crippen LogP contribution in [0.3, 0.4) is 0 Å². The predicted octanol–water partition coefficient (Wildman–Crippen LogP) is 21.8. The summed E-state index contributed by atoms with van der Waals surface area (Å²) in [4.78, 5) is 38.3. The Balaban J connectivity index is 4.33. The lowest BCUT2D eigenvalue weighted by atomic mass is 10.0. The highest BCUT2D eigenvalue weighted by molar-refractivity contribution is 5.71. The lowest BCUT2D eigenvalue weighted by Crippen LogP contribution is -2.30. The maximum Gasteiger partial charge on any atom is 0.306 e. The fourth-order valence-electron chi connectivity index (χ4n) is 8.75. The molecule has 0 aromatic rings. The number of carbonyl (C=O) groups excluding carboxylic acids is 3. The maximum atomic E-state index is 12.9. The summed E-state index contributed by atoms with van der Waals surface area (Å²) in [6.07, 6.45) is 86.6. The molecule has 0 spiro atoms. The third-order valence-electron chi connectivity index (χ3n) is 13.5. The van der Waals surface area contributed by atoms with Crippen molar-refractivity contribution < 1.29 is 28.6 Å². The van der Waals surface area contributed by atoms with Crippen LogP contribution in [0, 0.1) is 0 Å². The minimum atomic E-state index is -0.791. The molecule has 0 saturated carbocycles. The van der Waals surface area contributed by atoms with Crippen LogP contribution in [-0.4, -0.2) is 37.2 Å². The molecule has 0 saturated heterocycles. The highest BCUT2D eigenvalue weighted by atomic mass is 16.6. The van der Waals surface area contributed by atoms with Crippen molar-refractivity contribution in [2.45, 2.75) is 303 Å². The minimum Gasteiger partial charge on any atom is -0.462 e. The van der Waals surface area contributed by atoms with Crippen molar-refractivity contribution >= 4 is 17.9 Å². The van der Waals surface area contributed by atoms with Gasteiger partial charge in [-0.2, -0.15) is 0 Å².